The lowest BCUT2D eigenvalue weighted by Crippen LogP contribution is -2.46. The quantitative estimate of drug-likeness (QED) is 0.599. The molecule has 0 unspecified atom stereocenters. The van der Waals surface area contributed by atoms with E-state index < -0.39 is 11.9 Å². The summed E-state index contributed by atoms with van der Waals surface area (Å²) in [6, 6.07) is 4.70. The minimum Gasteiger partial charge on any atom is -0.365 e. The number of pyridine rings is 1. The van der Waals surface area contributed by atoms with Gasteiger partial charge in [-0.1, -0.05) is 0 Å². The second-order valence-corrected chi connectivity index (χ2v) is 6.98. The van der Waals surface area contributed by atoms with Crippen LogP contribution < -0.4 is 20.9 Å². The van der Waals surface area contributed by atoms with Crippen molar-refractivity contribution in [3.8, 4) is 0 Å². The molecule has 3 N–H and O–H groups in total. The molecule has 162 valence electrons. The number of hydrogen-bond donors (Lipinski definition) is 3. The van der Waals surface area contributed by atoms with Gasteiger partial charge in [-0.05, 0) is 19.1 Å². The fourth-order valence-electron chi connectivity index (χ4n) is 3.33. The van der Waals surface area contributed by atoms with Crippen LogP contribution in [0.15, 0.2) is 18.2 Å². The Bertz CT molecular complexity index is 908. The lowest BCUT2D eigenvalue weighted by molar-refractivity contribution is 0.0957. The van der Waals surface area contributed by atoms with Gasteiger partial charge in [0.1, 0.15) is 5.69 Å². The molecule has 1 fully saturated rings. The standard InChI is InChI=1S/C19H27FN8O2/c1-4-22-19(30)24-16-11-13(26(3)25-16)12-27-7-9-28(10-8-27)15-6-5-14(18(29)21-2)23-17(15)20/h5-6,11H,4,7-10,12H2,1-3H3,(H,21,29)(H2,22,24,25,30). The number of aryl methyl sites for hydroxylation is 1. The highest BCUT2D eigenvalue weighted by Gasteiger charge is 2.22. The number of anilines is 2. The highest BCUT2D eigenvalue weighted by molar-refractivity contribution is 5.92. The smallest absolute Gasteiger partial charge is 0.320 e. The molecule has 0 atom stereocenters. The number of halogens is 1. The van der Waals surface area contributed by atoms with Crippen molar-refractivity contribution in [1.82, 2.24) is 30.3 Å². The van der Waals surface area contributed by atoms with Crippen LogP contribution >= 0.6 is 0 Å². The average molecular weight is 418 g/mol. The molecule has 0 radical (unpaired) electrons. The third-order valence-electron chi connectivity index (χ3n) is 4.94. The molecule has 11 heteroatoms. The average Bonchev–Trinajstić information content (AvgIpc) is 3.06. The third-order valence-corrected chi connectivity index (χ3v) is 4.94. The van der Waals surface area contributed by atoms with Crippen molar-refractivity contribution in [3.63, 3.8) is 0 Å². The van der Waals surface area contributed by atoms with Crippen LogP contribution in [0.5, 0.6) is 0 Å². The van der Waals surface area contributed by atoms with Gasteiger partial charge in [0.15, 0.2) is 5.82 Å². The van der Waals surface area contributed by atoms with E-state index in [9.17, 15) is 14.0 Å². The Balaban J connectivity index is 1.57. The number of aromatic nitrogens is 3. The van der Waals surface area contributed by atoms with Gasteiger partial charge in [-0.3, -0.25) is 19.7 Å². The first kappa shape index (κ1) is 21.5. The molecule has 2 aromatic rings. The molecule has 3 rings (SSSR count). The van der Waals surface area contributed by atoms with Crippen LogP contribution in [0.3, 0.4) is 0 Å². The van der Waals surface area contributed by atoms with Crippen LogP contribution in [0.2, 0.25) is 0 Å². The summed E-state index contributed by atoms with van der Waals surface area (Å²) in [6.07, 6.45) is 0. The molecular formula is C19H27FN8O2. The summed E-state index contributed by atoms with van der Waals surface area (Å²) in [5.41, 5.74) is 1.43. The van der Waals surface area contributed by atoms with E-state index in [1.165, 1.54) is 13.1 Å². The summed E-state index contributed by atoms with van der Waals surface area (Å²) in [6.45, 7) is 5.81. The van der Waals surface area contributed by atoms with E-state index in [-0.39, 0.29) is 11.7 Å². The number of nitrogens with one attached hydrogen (secondary N) is 3. The normalized spacial score (nSPS) is 14.5. The molecule has 3 heterocycles. The SMILES string of the molecule is CCNC(=O)Nc1cc(CN2CCN(c3ccc(C(=O)NC)nc3F)CC2)n(C)n1. The zero-order valence-corrected chi connectivity index (χ0v) is 17.4. The van der Waals surface area contributed by atoms with Gasteiger partial charge in [-0.25, -0.2) is 9.78 Å². The fourth-order valence-corrected chi connectivity index (χ4v) is 3.33. The van der Waals surface area contributed by atoms with E-state index in [0.29, 0.717) is 37.7 Å². The van der Waals surface area contributed by atoms with Crippen molar-refractivity contribution in [2.24, 2.45) is 7.05 Å². The van der Waals surface area contributed by atoms with Crippen molar-refractivity contribution in [2.45, 2.75) is 13.5 Å². The fraction of sp³-hybridized carbons (Fsp3) is 0.474. The molecule has 0 aromatic carbocycles. The monoisotopic (exact) mass is 418 g/mol. The Hall–Kier alpha value is -3.21. The van der Waals surface area contributed by atoms with Gasteiger partial charge in [0.05, 0.1) is 11.4 Å². The van der Waals surface area contributed by atoms with Crippen molar-refractivity contribution >= 4 is 23.4 Å². The minimum absolute atomic E-state index is 0.0608. The maximum absolute atomic E-state index is 14.4. The second-order valence-electron chi connectivity index (χ2n) is 6.98. The first-order chi connectivity index (χ1) is 14.4. The molecule has 1 saturated heterocycles. The van der Waals surface area contributed by atoms with Crippen molar-refractivity contribution < 1.29 is 14.0 Å². The van der Waals surface area contributed by atoms with E-state index in [0.717, 1.165) is 18.8 Å². The molecule has 1 aliphatic heterocycles. The highest BCUT2D eigenvalue weighted by Crippen LogP contribution is 2.21. The summed E-state index contributed by atoms with van der Waals surface area (Å²) < 4.78 is 16.1. The Morgan fingerprint density at radius 3 is 2.57 bits per heavy atom. The van der Waals surface area contributed by atoms with Crippen LogP contribution in [0.4, 0.5) is 20.7 Å². The van der Waals surface area contributed by atoms with Gasteiger partial charge in [-0.15, -0.1) is 0 Å². The van der Waals surface area contributed by atoms with Gasteiger partial charge in [-0.2, -0.15) is 9.49 Å². The molecule has 10 nitrogen and oxygen atoms in total. The van der Waals surface area contributed by atoms with E-state index in [1.807, 2.05) is 24.9 Å². The van der Waals surface area contributed by atoms with E-state index in [1.54, 1.807) is 10.7 Å². The highest BCUT2D eigenvalue weighted by atomic mass is 19.1. The first-order valence-electron chi connectivity index (χ1n) is 9.85. The summed E-state index contributed by atoms with van der Waals surface area (Å²) in [5, 5.41) is 12.1. The van der Waals surface area contributed by atoms with Gasteiger partial charge in [0, 0.05) is 59.4 Å². The topological polar surface area (TPSA) is 107 Å². The van der Waals surface area contributed by atoms with E-state index in [2.05, 4.69) is 30.9 Å². The number of amides is 3. The Morgan fingerprint density at radius 2 is 1.93 bits per heavy atom. The lowest BCUT2D eigenvalue weighted by atomic mass is 10.2. The Labute approximate surface area is 174 Å². The predicted molar refractivity (Wildman–Crippen MR) is 111 cm³/mol. The van der Waals surface area contributed by atoms with Crippen LogP contribution in [0.1, 0.15) is 23.1 Å². The van der Waals surface area contributed by atoms with Gasteiger partial charge < -0.3 is 15.5 Å². The molecule has 3 amide bonds. The summed E-state index contributed by atoms with van der Waals surface area (Å²) in [5.74, 6) is -0.554. The summed E-state index contributed by atoms with van der Waals surface area (Å²) >= 11 is 0. The molecule has 2 aromatic heterocycles. The summed E-state index contributed by atoms with van der Waals surface area (Å²) in [4.78, 5) is 31.2. The third kappa shape index (κ3) is 5.03. The molecule has 30 heavy (non-hydrogen) atoms. The van der Waals surface area contributed by atoms with Gasteiger partial charge in [0.25, 0.3) is 5.91 Å². The van der Waals surface area contributed by atoms with Crippen LogP contribution in [-0.4, -0.2) is 71.4 Å². The van der Waals surface area contributed by atoms with Crippen molar-refractivity contribution in [3.05, 3.63) is 35.5 Å². The molecule has 0 saturated carbocycles. The maximum atomic E-state index is 14.4. The number of urea groups is 1. The Morgan fingerprint density at radius 1 is 1.20 bits per heavy atom. The molecule has 0 aliphatic carbocycles. The number of piperazine rings is 1. The van der Waals surface area contributed by atoms with Crippen molar-refractivity contribution in [2.75, 3.05) is 50.0 Å². The van der Waals surface area contributed by atoms with E-state index >= 15 is 0 Å². The molecule has 0 bridgehead atoms. The molecule has 0 spiro atoms. The number of nitrogens with zero attached hydrogens (tertiary/aromatic N) is 5. The van der Waals surface area contributed by atoms with Gasteiger partial charge in [0.2, 0.25) is 5.95 Å². The predicted octanol–water partition coefficient (Wildman–Crippen LogP) is 0.777. The van der Waals surface area contributed by atoms with Crippen LogP contribution in [0.25, 0.3) is 0 Å². The Kier molecular flexibility index (Phi) is 6.83. The van der Waals surface area contributed by atoms with Gasteiger partial charge >= 0.3 is 6.03 Å². The first-order valence-corrected chi connectivity index (χ1v) is 9.85. The lowest BCUT2D eigenvalue weighted by Gasteiger charge is -2.35. The van der Waals surface area contributed by atoms with Crippen molar-refractivity contribution in [1.29, 1.82) is 0 Å². The minimum atomic E-state index is -0.641. The molecule has 1 aliphatic rings. The number of carbonyl (C=O) groups is 2. The maximum Gasteiger partial charge on any atom is 0.320 e. The second kappa shape index (κ2) is 9.53. The number of hydrogen-bond acceptors (Lipinski definition) is 6. The molecular weight excluding hydrogens is 391 g/mol. The summed E-state index contributed by atoms with van der Waals surface area (Å²) in [7, 11) is 3.32. The largest absolute Gasteiger partial charge is 0.365 e. The number of carbonyl (C=O) groups excluding carboxylic acids is 2. The van der Waals surface area contributed by atoms with Crippen LogP contribution in [-0.2, 0) is 13.6 Å². The zero-order chi connectivity index (χ0) is 21.7. The number of rotatable bonds is 6. The van der Waals surface area contributed by atoms with E-state index in [4.69, 9.17) is 0 Å². The van der Waals surface area contributed by atoms with Crippen LogP contribution in [0, 0.1) is 5.95 Å². The zero-order valence-electron chi connectivity index (χ0n) is 17.4.